The van der Waals surface area contributed by atoms with Gasteiger partial charge >= 0.3 is 0 Å². The fraction of sp³-hybridized carbons (Fsp3) is 0.444. The molecule has 0 spiro atoms. The summed E-state index contributed by atoms with van der Waals surface area (Å²) in [6.07, 6.45) is 6.46. The SMILES string of the molecule is O=C(Nc1sc2c(c1C(=O)NC[C@H]1CCCO1)CCC2)c1ccco1. The number of carbonyl (C=O) groups excluding carboxylic acids is 2. The van der Waals surface area contributed by atoms with E-state index in [1.54, 1.807) is 12.1 Å². The van der Waals surface area contributed by atoms with Crippen LogP contribution in [0.2, 0.25) is 0 Å². The third-order valence-electron chi connectivity index (χ3n) is 4.63. The van der Waals surface area contributed by atoms with Gasteiger partial charge in [0.15, 0.2) is 5.76 Å². The van der Waals surface area contributed by atoms with Gasteiger partial charge in [-0.2, -0.15) is 0 Å². The van der Waals surface area contributed by atoms with Crippen LogP contribution in [0.15, 0.2) is 22.8 Å². The van der Waals surface area contributed by atoms with Gasteiger partial charge < -0.3 is 19.8 Å². The summed E-state index contributed by atoms with van der Waals surface area (Å²) >= 11 is 1.49. The average molecular weight is 360 g/mol. The van der Waals surface area contributed by atoms with Crippen molar-refractivity contribution >= 4 is 28.2 Å². The number of hydrogen-bond donors (Lipinski definition) is 2. The molecule has 1 fully saturated rings. The number of amides is 2. The van der Waals surface area contributed by atoms with E-state index in [2.05, 4.69) is 10.6 Å². The van der Waals surface area contributed by atoms with Crippen LogP contribution in [0.4, 0.5) is 5.00 Å². The van der Waals surface area contributed by atoms with Crippen molar-refractivity contribution in [2.45, 2.75) is 38.2 Å². The first-order valence-corrected chi connectivity index (χ1v) is 9.43. The molecular weight excluding hydrogens is 340 g/mol. The zero-order chi connectivity index (χ0) is 17.2. The summed E-state index contributed by atoms with van der Waals surface area (Å²) in [7, 11) is 0. The highest BCUT2D eigenvalue weighted by Crippen LogP contribution is 2.39. The zero-order valence-electron chi connectivity index (χ0n) is 13.8. The highest BCUT2D eigenvalue weighted by molar-refractivity contribution is 7.17. The molecule has 1 saturated heterocycles. The van der Waals surface area contributed by atoms with Crippen LogP contribution < -0.4 is 10.6 Å². The molecule has 132 valence electrons. The number of thiophene rings is 1. The normalized spacial score (nSPS) is 19.0. The second-order valence-corrected chi connectivity index (χ2v) is 7.44. The summed E-state index contributed by atoms with van der Waals surface area (Å²) in [6.45, 7) is 1.27. The second-order valence-electron chi connectivity index (χ2n) is 6.34. The topological polar surface area (TPSA) is 80.6 Å². The van der Waals surface area contributed by atoms with Crippen molar-refractivity contribution in [2.24, 2.45) is 0 Å². The summed E-state index contributed by atoms with van der Waals surface area (Å²) in [5, 5.41) is 6.43. The maximum atomic E-state index is 12.8. The first-order chi connectivity index (χ1) is 12.2. The lowest BCUT2D eigenvalue weighted by Crippen LogP contribution is -2.32. The predicted molar refractivity (Wildman–Crippen MR) is 94.3 cm³/mol. The van der Waals surface area contributed by atoms with Crippen molar-refractivity contribution in [3.8, 4) is 0 Å². The number of furan rings is 1. The minimum Gasteiger partial charge on any atom is -0.459 e. The van der Waals surface area contributed by atoms with E-state index in [4.69, 9.17) is 9.15 Å². The molecule has 1 aliphatic heterocycles. The van der Waals surface area contributed by atoms with Crippen molar-refractivity contribution in [1.29, 1.82) is 0 Å². The van der Waals surface area contributed by atoms with Crippen molar-refractivity contribution in [3.05, 3.63) is 40.2 Å². The summed E-state index contributed by atoms with van der Waals surface area (Å²) in [4.78, 5) is 26.3. The molecule has 2 amide bonds. The summed E-state index contributed by atoms with van der Waals surface area (Å²) in [5.74, 6) is -0.234. The van der Waals surface area contributed by atoms with E-state index < -0.39 is 0 Å². The van der Waals surface area contributed by atoms with E-state index in [1.165, 1.54) is 22.5 Å². The molecule has 0 radical (unpaired) electrons. The molecule has 2 aromatic heterocycles. The van der Waals surface area contributed by atoms with Gasteiger partial charge in [-0.25, -0.2) is 0 Å². The molecular formula is C18H20N2O4S. The minimum atomic E-state index is -0.335. The van der Waals surface area contributed by atoms with Crippen LogP contribution in [-0.2, 0) is 17.6 Å². The van der Waals surface area contributed by atoms with Gasteiger partial charge in [-0.1, -0.05) is 0 Å². The Morgan fingerprint density at radius 3 is 2.92 bits per heavy atom. The van der Waals surface area contributed by atoms with Gasteiger partial charge in [-0.15, -0.1) is 11.3 Å². The molecule has 0 saturated carbocycles. The van der Waals surface area contributed by atoms with Gasteiger partial charge in [0, 0.05) is 18.0 Å². The Kier molecular flexibility index (Phi) is 4.59. The molecule has 25 heavy (non-hydrogen) atoms. The standard InChI is InChI=1S/C18H20N2O4S/c21-16(13-6-3-9-24-13)20-18-15(12-5-1-7-14(12)25-18)17(22)19-10-11-4-2-8-23-11/h3,6,9,11H,1-2,4-5,7-8,10H2,(H,19,22)(H,20,21)/t11-/m1/s1. The van der Waals surface area contributed by atoms with Crippen LogP contribution in [0.5, 0.6) is 0 Å². The highest BCUT2D eigenvalue weighted by atomic mass is 32.1. The number of aryl methyl sites for hydroxylation is 1. The minimum absolute atomic E-state index is 0.0943. The number of fused-ring (bicyclic) bond motifs is 1. The third-order valence-corrected chi connectivity index (χ3v) is 5.84. The van der Waals surface area contributed by atoms with Crippen molar-refractivity contribution in [1.82, 2.24) is 5.32 Å². The van der Waals surface area contributed by atoms with Crippen LogP contribution in [0.3, 0.4) is 0 Å². The number of nitrogens with one attached hydrogen (secondary N) is 2. The van der Waals surface area contributed by atoms with Gasteiger partial charge in [-0.3, -0.25) is 9.59 Å². The smallest absolute Gasteiger partial charge is 0.291 e. The van der Waals surface area contributed by atoms with Crippen molar-refractivity contribution in [2.75, 3.05) is 18.5 Å². The average Bonchev–Trinajstić information content (AvgIpc) is 3.35. The summed E-state index contributed by atoms with van der Waals surface area (Å²) < 4.78 is 10.7. The first kappa shape index (κ1) is 16.4. The third kappa shape index (κ3) is 3.34. The first-order valence-electron chi connectivity index (χ1n) is 8.61. The molecule has 2 aliphatic rings. The zero-order valence-corrected chi connectivity index (χ0v) is 14.6. The Balaban J connectivity index is 1.53. The quantitative estimate of drug-likeness (QED) is 0.859. The van der Waals surface area contributed by atoms with E-state index in [9.17, 15) is 9.59 Å². The van der Waals surface area contributed by atoms with E-state index in [0.717, 1.165) is 44.3 Å². The van der Waals surface area contributed by atoms with Crippen LogP contribution in [0, 0.1) is 0 Å². The van der Waals surface area contributed by atoms with Crippen LogP contribution in [-0.4, -0.2) is 31.1 Å². The number of ether oxygens (including phenoxy) is 1. The number of carbonyl (C=O) groups is 2. The number of anilines is 1. The molecule has 3 heterocycles. The van der Waals surface area contributed by atoms with E-state index >= 15 is 0 Å². The molecule has 7 heteroatoms. The Hall–Kier alpha value is -2.12. The molecule has 1 atom stereocenters. The van der Waals surface area contributed by atoms with E-state index in [0.29, 0.717) is 17.1 Å². The molecule has 0 aromatic carbocycles. The summed E-state index contributed by atoms with van der Waals surface area (Å²) in [6, 6.07) is 3.27. The monoisotopic (exact) mass is 360 g/mol. The lowest BCUT2D eigenvalue weighted by atomic mass is 10.1. The van der Waals surface area contributed by atoms with Crippen molar-refractivity contribution < 1.29 is 18.7 Å². The van der Waals surface area contributed by atoms with Crippen LogP contribution in [0.25, 0.3) is 0 Å². The maximum Gasteiger partial charge on any atom is 0.291 e. The van der Waals surface area contributed by atoms with E-state index in [1.807, 2.05) is 0 Å². The Labute approximate surface area is 149 Å². The molecule has 1 aliphatic carbocycles. The number of rotatable bonds is 5. The summed E-state index contributed by atoms with van der Waals surface area (Å²) in [5.41, 5.74) is 1.68. The van der Waals surface area contributed by atoms with Crippen LogP contribution >= 0.6 is 11.3 Å². The van der Waals surface area contributed by atoms with Gasteiger partial charge in [-0.05, 0) is 49.8 Å². The number of hydrogen-bond acceptors (Lipinski definition) is 5. The Morgan fingerprint density at radius 2 is 2.16 bits per heavy atom. The largest absolute Gasteiger partial charge is 0.459 e. The van der Waals surface area contributed by atoms with Gasteiger partial charge in [0.2, 0.25) is 0 Å². The predicted octanol–water partition coefficient (Wildman–Crippen LogP) is 2.99. The highest BCUT2D eigenvalue weighted by Gasteiger charge is 2.28. The van der Waals surface area contributed by atoms with Gasteiger partial charge in [0.05, 0.1) is 17.9 Å². The van der Waals surface area contributed by atoms with E-state index in [-0.39, 0.29) is 23.7 Å². The maximum absolute atomic E-state index is 12.8. The molecule has 0 bridgehead atoms. The Bertz CT molecular complexity index is 775. The fourth-order valence-electron chi connectivity index (χ4n) is 3.41. The van der Waals surface area contributed by atoms with Crippen LogP contribution in [0.1, 0.15) is 50.6 Å². The molecule has 2 N–H and O–H groups in total. The fourth-order valence-corrected chi connectivity index (χ4v) is 4.69. The Morgan fingerprint density at radius 1 is 1.24 bits per heavy atom. The second kappa shape index (κ2) is 7.01. The lowest BCUT2D eigenvalue weighted by molar-refractivity contribution is 0.0858. The molecule has 0 unspecified atom stereocenters. The molecule has 2 aromatic rings. The lowest BCUT2D eigenvalue weighted by Gasteiger charge is -2.12. The van der Waals surface area contributed by atoms with Crippen molar-refractivity contribution in [3.63, 3.8) is 0 Å². The molecule has 4 rings (SSSR count). The van der Waals surface area contributed by atoms with Gasteiger partial charge in [0.1, 0.15) is 5.00 Å². The molecule has 6 nitrogen and oxygen atoms in total. The van der Waals surface area contributed by atoms with Gasteiger partial charge in [0.25, 0.3) is 11.8 Å².